The van der Waals surface area contributed by atoms with Crippen molar-refractivity contribution in [2.75, 3.05) is 48.4 Å². The third kappa shape index (κ3) is 4.56. The van der Waals surface area contributed by atoms with Gasteiger partial charge in [-0.1, -0.05) is 18.2 Å². The van der Waals surface area contributed by atoms with E-state index in [4.69, 9.17) is 10.5 Å². The van der Waals surface area contributed by atoms with Crippen molar-refractivity contribution in [2.45, 2.75) is 12.2 Å². The molecule has 1 atom stereocenters. The first-order valence-electron chi connectivity index (χ1n) is 11.0. The first-order valence-corrected chi connectivity index (χ1v) is 11.0. The van der Waals surface area contributed by atoms with Crippen molar-refractivity contribution in [1.29, 1.82) is 0 Å². The molecule has 0 radical (unpaired) electrons. The molecule has 0 aliphatic carbocycles. The number of carbonyl (C=O) groups is 1. The lowest BCUT2D eigenvalue weighted by Crippen LogP contribution is -2.38. The zero-order valence-electron chi connectivity index (χ0n) is 18.5. The number of nitrogens with one attached hydrogen (secondary N) is 1. The molecule has 12 heteroatoms. The standard InChI is InChI=1S/C23H22F3N7O2/c24-23(25,26)16-10-20(27)28-12-15(16)17-11-18(31-21(30-17)32-6-8-35-9-7-32)19-13-29-22(34)33(19)14-4-2-1-3-5-14/h1-5,10-12,19H,6-9,13H2,(H2,27,28)(H,29,34). The number of anilines is 3. The van der Waals surface area contributed by atoms with Crippen LogP contribution in [0.15, 0.2) is 48.7 Å². The Hall–Kier alpha value is -3.93. The highest BCUT2D eigenvalue weighted by Gasteiger charge is 2.37. The first kappa shape index (κ1) is 22.8. The molecule has 2 amide bonds. The van der Waals surface area contributed by atoms with Crippen molar-refractivity contribution >= 4 is 23.5 Å². The molecule has 2 aliphatic rings. The lowest BCUT2D eigenvalue weighted by Gasteiger charge is -2.29. The molecule has 3 aromatic rings. The number of amides is 2. The monoisotopic (exact) mass is 485 g/mol. The van der Waals surface area contributed by atoms with E-state index < -0.39 is 17.8 Å². The summed E-state index contributed by atoms with van der Waals surface area (Å²) < 4.78 is 47.1. The number of alkyl halides is 3. The van der Waals surface area contributed by atoms with Gasteiger partial charge in [-0.2, -0.15) is 13.2 Å². The number of nitrogens with zero attached hydrogens (tertiary/aromatic N) is 5. The average molecular weight is 485 g/mol. The van der Waals surface area contributed by atoms with Crippen LogP contribution in [0.4, 0.5) is 35.4 Å². The zero-order valence-corrected chi connectivity index (χ0v) is 18.5. The molecular weight excluding hydrogens is 463 g/mol. The number of rotatable bonds is 4. The topological polar surface area (TPSA) is 110 Å². The van der Waals surface area contributed by atoms with E-state index in [2.05, 4.69) is 20.3 Å². The van der Waals surface area contributed by atoms with Crippen LogP contribution in [0.5, 0.6) is 0 Å². The van der Waals surface area contributed by atoms with E-state index in [0.29, 0.717) is 37.7 Å². The van der Waals surface area contributed by atoms with Crippen molar-refractivity contribution in [3.63, 3.8) is 0 Å². The van der Waals surface area contributed by atoms with Gasteiger partial charge in [0.15, 0.2) is 0 Å². The van der Waals surface area contributed by atoms with E-state index in [-0.39, 0.29) is 35.6 Å². The molecule has 0 spiro atoms. The third-order valence-electron chi connectivity index (χ3n) is 5.89. The largest absolute Gasteiger partial charge is 0.417 e. The molecule has 2 aromatic heterocycles. The fraction of sp³-hybridized carbons (Fsp3) is 0.304. The summed E-state index contributed by atoms with van der Waals surface area (Å²) in [4.78, 5) is 29.1. The number of halogens is 3. The van der Waals surface area contributed by atoms with E-state index in [0.717, 1.165) is 12.3 Å². The maximum Gasteiger partial charge on any atom is 0.417 e. The van der Waals surface area contributed by atoms with Gasteiger partial charge in [0, 0.05) is 37.1 Å². The Kier molecular flexibility index (Phi) is 5.89. The molecule has 35 heavy (non-hydrogen) atoms. The number of para-hydroxylation sites is 1. The number of hydrogen-bond acceptors (Lipinski definition) is 7. The number of carbonyl (C=O) groups excluding carboxylic acids is 1. The number of aromatic nitrogens is 3. The minimum Gasteiger partial charge on any atom is -0.384 e. The quantitative estimate of drug-likeness (QED) is 0.584. The van der Waals surface area contributed by atoms with E-state index in [1.807, 2.05) is 11.0 Å². The SMILES string of the molecule is Nc1cc(C(F)(F)F)c(-c2cc(C3CNC(=O)N3c3ccccc3)nc(N3CCOCC3)n2)cn1. The lowest BCUT2D eigenvalue weighted by atomic mass is 10.0. The molecule has 4 heterocycles. The maximum absolute atomic E-state index is 13.9. The molecule has 2 fully saturated rings. The number of pyridine rings is 1. The predicted octanol–water partition coefficient (Wildman–Crippen LogP) is 3.25. The summed E-state index contributed by atoms with van der Waals surface area (Å²) in [6.07, 6.45) is -3.60. The van der Waals surface area contributed by atoms with Gasteiger partial charge in [-0.15, -0.1) is 0 Å². The Morgan fingerprint density at radius 3 is 2.54 bits per heavy atom. The fourth-order valence-electron chi connectivity index (χ4n) is 4.20. The van der Waals surface area contributed by atoms with Gasteiger partial charge >= 0.3 is 12.2 Å². The minimum atomic E-state index is -4.67. The molecule has 182 valence electrons. The second kappa shape index (κ2) is 9.02. The maximum atomic E-state index is 13.9. The van der Waals surface area contributed by atoms with E-state index in [9.17, 15) is 18.0 Å². The summed E-state index contributed by atoms with van der Waals surface area (Å²) in [6, 6.07) is 10.4. The molecule has 9 nitrogen and oxygen atoms in total. The summed E-state index contributed by atoms with van der Waals surface area (Å²) >= 11 is 0. The van der Waals surface area contributed by atoms with Crippen LogP contribution in [0.1, 0.15) is 17.3 Å². The summed E-state index contributed by atoms with van der Waals surface area (Å²) in [5, 5.41) is 2.80. The van der Waals surface area contributed by atoms with Gasteiger partial charge in [0.2, 0.25) is 5.95 Å². The predicted molar refractivity (Wildman–Crippen MR) is 123 cm³/mol. The highest BCUT2D eigenvalue weighted by atomic mass is 19.4. The molecule has 0 bridgehead atoms. The number of nitrogen functional groups attached to an aromatic ring is 1. The number of benzene rings is 1. The van der Waals surface area contributed by atoms with Crippen LogP contribution in [-0.2, 0) is 10.9 Å². The van der Waals surface area contributed by atoms with Crippen molar-refractivity contribution in [3.05, 3.63) is 59.9 Å². The number of hydrogen-bond donors (Lipinski definition) is 2. The molecule has 1 aromatic carbocycles. The second-order valence-electron chi connectivity index (χ2n) is 8.14. The van der Waals surface area contributed by atoms with Gasteiger partial charge in [-0.3, -0.25) is 4.90 Å². The summed E-state index contributed by atoms with van der Waals surface area (Å²) in [7, 11) is 0. The molecule has 2 saturated heterocycles. The van der Waals surface area contributed by atoms with Crippen LogP contribution in [0, 0.1) is 0 Å². The van der Waals surface area contributed by atoms with Gasteiger partial charge in [0.1, 0.15) is 5.82 Å². The van der Waals surface area contributed by atoms with Crippen LogP contribution in [0.2, 0.25) is 0 Å². The third-order valence-corrected chi connectivity index (χ3v) is 5.89. The zero-order chi connectivity index (χ0) is 24.6. The van der Waals surface area contributed by atoms with Gasteiger partial charge in [-0.05, 0) is 24.3 Å². The molecule has 5 rings (SSSR count). The van der Waals surface area contributed by atoms with Gasteiger partial charge in [0.25, 0.3) is 0 Å². The fourth-order valence-corrected chi connectivity index (χ4v) is 4.20. The number of morpholine rings is 1. The van der Waals surface area contributed by atoms with Crippen LogP contribution < -0.4 is 20.9 Å². The van der Waals surface area contributed by atoms with Crippen molar-refractivity contribution in [1.82, 2.24) is 20.3 Å². The van der Waals surface area contributed by atoms with Gasteiger partial charge in [-0.25, -0.2) is 19.7 Å². The number of urea groups is 1. The van der Waals surface area contributed by atoms with Crippen LogP contribution >= 0.6 is 0 Å². The molecule has 2 aliphatic heterocycles. The Bertz CT molecular complexity index is 1230. The van der Waals surface area contributed by atoms with Crippen LogP contribution in [0.25, 0.3) is 11.3 Å². The Morgan fingerprint density at radius 1 is 1.09 bits per heavy atom. The Balaban J connectivity index is 1.65. The molecule has 1 unspecified atom stereocenters. The summed E-state index contributed by atoms with van der Waals surface area (Å²) in [5.41, 5.74) is 5.50. The smallest absolute Gasteiger partial charge is 0.384 e. The molecular formula is C23H22F3N7O2. The van der Waals surface area contributed by atoms with Gasteiger partial charge in [0.05, 0.1) is 36.2 Å². The second-order valence-corrected chi connectivity index (χ2v) is 8.14. The van der Waals surface area contributed by atoms with Crippen LogP contribution in [0.3, 0.4) is 0 Å². The van der Waals surface area contributed by atoms with Crippen molar-refractivity contribution in [2.24, 2.45) is 0 Å². The number of ether oxygens (including phenoxy) is 1. The Morgan fingerprint density at radius 2 is 1.83 bits per heavy atom. The summed E-state index contributed by atoms with van der Waals surface area (Å²) in [6.45, 7) is 2.09. The van der Waals surface area contributed by atoms with Crippen molar-refractivity contribution < 1.29 is 22.7 Å². The highest BCUT2D eigenvalue weighted by Crippen LogP contribution is 2.39. The lowest BCUT2D eigenvalue weighted by molar-refractivity contribution is -0.137. The van der Waals surface area contributed by atoms with E-state index in [1.54, 1.807) is 29.2 Å². The first-order chi connectivity index (χ1) is 16.8. The van der Waals surface area contributed by atoms with E-state index >= 15 is 0 Å². The molecule has 3 N–H and O–H groups in total. The normalized spacial score (nSPS) is 18.6. The summed E-state index contributed by atoms with van der Waals surface area (Å²) in [5.74, 6) is 0.0164. The van der Waals surface area contributed by atoms with Crippen molar-refractivity contribution in [3.8, 4) is 11.3 Å². The minimum absolute atomic E-state index is 0.0451. The number of nitrogens with two attached hydrogens (primary N) is 1. The highest BCUT2D eigenvalue weighted by molar-refractivity contribution is 5.95. The average Bonchev–Trinajstić information content (AvgIpc) is 3.25. The molecule has 0 saturated carbocycles. The van der Waals surface area contributed by atoms with Gasteiger partial charge < -0.3 is 20.7 Å². The Labute approximate surface area is 198 Å². The van der Waals surface area contributed by atoms with Crippen LogP contribution in [-0.4, -0.2) is 53.8 Å². The van der Waals surface area contributed by atoms with E-state index in [1.165, 1.54) is 6.07 Å².